The number of hydrogen-bond acceptors (Lipinski definition) is 3. The maximum Gasteiger partial charge on any atom is 0.254 e. The molecule has 23 heavy (non-hydrogen) atoms. The van der Waals surface area contributed by atoms with E-state index in [2.05, 4.69) is 6.07 Å². The highest BCUT2D eigenvalue weighted by Crippen LogP contribution is 2.16. The van der Waals surface area contributed by atoms with Crippen molar-refractivity contribution in [3.63, 3.8) is 0 Å². The van der Waals surface area contributed by atoms with Gasteiger partial charge in [-0.05, 0) is 36.8 Å². The molecule has 0 heterocycles. The number of rotatable bonds is 5. The summed E-state index contributed by atoms with van der Waals surface area (Å²) in [5.41, 5.74) is 2.06. The van der Waals surface area contributed by atoms with Crippen LogP contribution in [0.15, 0.2) is 48.5 Å². The molecule has 0 aliphatic heterocycles. The molecule has 1 atom stereocenters. The predicted molar refractivity (Wildman–Crippen MR) is 84.1 cm³/mol. The Kier molecular flexibility index (Phi) is 5.45. The molecule has 118 valence electrons. The highest BCUT2D eigenvalue weighted by Gasteiger charge is 2.15. The topological polar surface area (TPSA) is 64.3 Å². The molecule has 0 aromatic heterocycles. The van der Waals surface area contributed by atoms with Crippen LogP contribution in [0.5, 0.6) is 0 Å². The Hall–Kier alpha value is -2.71. The van der Waals surface area contributed by atoms with E-state index < -0.39 is 6.36 Å². The number of halogens is 1. The van der Waals surface area contributed by atoms with E-state index in [1.54, 1.807) is 17.0 Å². The fourth-order valence-electron chi connectivity index (χ4n) is 2.20. The first-order chi connectivity index (χ1) is 11.0. The van der Waals surface area contributed by atoms with Crippen LogP contribution < -0.4 is 0 Å². The summed E-state index contributed by atoms with van der Waals surface area (Å²) in [6.07, 6.45) is -2.04. The number of amides is 1. The van der Waals surface area contributed by atoms with Gasteiger partial charge in [-0.3, -0.25) is 4.79 Å². The van der Waals surface area contributed by atoms with Gasteiger partial charge in [-0.2, -0.15) is 5.26 Å². The highest BCUT2D eigenvalue weighted by atomic mass is 19.1. The van der Waals surface area contributed by atoms with Crippen LogP contribution in [0.2, 0.25) is 0 Å². The number of carbonyl (C=O) groups excluding carboxylic acids is 1. The summed E-state index contributed by atoms with van der Waals surface area (Å²) in [5, 5.41) is 17.7. The fraction of sp³-hybridized carbons (Fsp3) is 0.222. The van der Waals surface area contributed by atoms with Gasteiger partial charge in [0, 0.05) is 24.2 Å². The van der Waals surface area contributed by atoms with Crippen LogP contribution in [-0.4, -0.2) is 22.5 Å². The maximum absolute atomic E-state index is 12.8. The zero-order valence-corrected chi connectivity index (χ0v) is 12.7. The van der Waals surface area contributed by atoms with Crippen molar-refractivity contribution in [3.8, 4) is 6.07 Å². The number of hydrogen-bond donors (Lipinski definition) is 1. The van der Waals surface area contributed by atoms with Gasteiger partial charge in [0.1, 0.15) is 0 Å². The third kappa shape index (κ3) is 4.15. The number of alkyl halides is 1. The van der Waals surface area contributed by atoms with Crippen molar-refractivity contribution in [2.24, 2.45) is 0 Å². The van der Waals surface area contributed by atoms with Gasteiger partial charge in [-0.1, -0.05) is 24.3 Å². The van der Waals surface area contributed by atoms with Gasteiger partial charge >= 0.3 is 0 Å². The largest absolute Gasteiger partial charge is 0.360 e. The number of nitriles is 1. The molecular weight excluding hydrogens is 295 g/mol. The van der Waals surface area contributed by atoms with Crippen molar-refractivity contribution in [2.45, 2.75) is 19.8 Å². The van der Waals surface area contributed by atoms with E-state index in [0.29, 0.717) is 24.2 Å². The van der Waals surface area contributed by atoms with Crippen molar-refractivity contribution in [3.05, 3.63) is 70.8 Å². The number of carbonyl (C=O) groups is 1. The first kappa shape index (κ1) is 16.7. The van der Waals surface area contributed by atoms with E-state index in [9.17, 15) is 9.18 Å². The first-order valence-electron chi connectivity index (χ1n) is 7.25. The van der Waals surface area contributed by atoms with Crippen LogP contribution in [0.25, 0.3) is 0 Å². The molecule has 0 aliphatic rings. The summed E-state index contributed by atoms with van der Waals surface area (Å²) in [5.74, 6) is -0.170. The Morgan fingerprint density at radius 1 is 1.22 bits per heavy atom. The fourth-order valence-corrected chi connectivity index (χ4v) is 2.20. The molecule has 1 amide bonds. The van der Waals surface area contributed by atoms with E-state index in [-0.39, 0.29) is 11.5 Å². The molecule has 0 fully saturated rings. The molecule has 0 spiro atoms. The molecular formula is C18H17FN2O2. The molecule has 2 rings (SSSR count). The number of benzene rings is 2. The molecule has 1 N–H and O–H groups in total. The lowest BCUT2D eigenvalue weighted by molar-refractivity contribution is 0.0410. The van der Waals surface area contributed by atoms with Gasteiger partial charge < -0.3 is 10.0 Å². The first-order valence-corrected chi connectivity index (χ1v) is 7.25. The van der Waals surface area contributed by atoms with E-state index in [1.807, 2.05) is 19.1 Å². The average molecular weight is 312 g/mol. The molecule has 0 saturated carbocycles. The van der Waals surface area contributed by atoms with E-state index in [1.165, 1.54) is 24.3 Å². The normalized spacial score (nSPS) is 11.6. The molecule has 0 bridgehead atoms. The molecule has 1 unspecified atom stereocenters. The summed E-state index contributed by atoms with van der Waals surface area (Å²) in [6, 6.07) is 14.9. The number of nitrogens with zero attached hydrogens (tertiary/aromatic N) is 2. The lowest BCUT2D eigenvalue weighted by Crippen LogP contribution is -2.30. The quantitative estimate of drug-likeness (QED) is 0.922. The monoisotopic (exact) mass is 312 g/mol. The molecule has 0 aliphatic carbocycles. The van der Waals surface area contributed by atoms with Crippen molar-refractivity contribution in [1.29, 1.82) is 5.26 Å². The van der Waals surface area contributed by atoms with Crippen LogP contribution >= 0.6 is 0 Å². The van der Waals surface area contributed by atoms with Gasteiger partial charge in [0.25, 0.3) is 5.91 Å². The van der Waals surface area contributed by atoms with Crippen molar-refractivity contribution < 1.29 is 14.3 Å². The molecule has 0 saturated heterocycles. The van der Waals surface area contributed by atoms with Crippen LogP contribution in [-0.2, 0) is 6.54 Å². The maximum atomic E-state index is 12.8. The van der Waals surface area contributed by atoms with Gasteiger partial charge in [0.05, 0.1) is 11.6 Å². The SMILES string of the molecule is CCN(Cc1ccc(C#N)cc1)C(=O)c1ccc(C(O)F)cc1. The van der Waals surface area contributed by atoms with E-state index >= 15 is 0 Å². The highest BCUT2D eigenvalue weighted by molar-refractivity contribution is 5.94. The summed E-state index contributed by atoms with van der Waals surface area (Å²) in [4.78, 5) is 14.2. The minimum absolute atomic E-state index is 0.122. The van der Waals surface area contributed by atoms with Gasteiger partial charge in [0.15, 0.2) is 0 Å². The summed E-state index contributed by atoms with van der Waals surface area (Å²) in [6.45, 7) is 2.82. The number of aliphatic hydroxyl groups excluding tert-OH is 1. The molecule has 2 aromatic rings. The van der Waals surface area contributed by atoms with Crippen LogP contribution in [0.3, 0.4) is 0 Å². The Morgan fingerprint density at radius 3 is 2.30 bits per heavy atom. The summed E-state index contributed by atoms with van der Waals surface area (Å²) in [7, 11) is 0. The van der Waals surface area contributed by atoms with E-state index in [4.69, 9.17) is 10.4 Å². The molecule has 0 radical (unpaired) electrons. The summed E-state index contributed by atoms with van der Waals surface area (Å²) >= 11 is 0. The molecule has 2 aromatic carbocycles. The van der Waals surface area contributed by atoms with Crippen molar-refractivity contribution in [1.82, 2.24) is 4.90 Å². The van der Waals surface area contributed by atoms with Gasteiger partial charge in [0.2, 0.25) is 6.36 Å². The Labute approximate surface area is 134 Å². The molecule has 4 nitrogen and oxygen atoms in total. The summed E-state index contributed by atoms with van der Waals surface area (Å²) < 4.78 is 12.8. The molecule has 5 heteroatoms. The third-order valence-electron chi connectivity index (χ3n) is 3.56. The average Bonchev–Trinajstić information content (AvgIpc) is 2.59. The minimum Gasteiger partial charge on any atom is -0.360 e. The van der Waals surface area contributed by atoms with Crippen LogP contribution in [0.4, 0.5) is 4.39 Å². The smallest absolute Gasteiger partial charge is 0.254 e. The third-order valence-corrected chi connectivity index (χ3v) is 3.56. The second kappa shape index (κ2) is 7.52. The Morgan fingerprint density at radius 2 is 1.83 bits per heavy atom. The zero-order chi connectivity index (χ0) is 16.8. The van der Waals surface area contributed by atoms with Crippen LogP contribution in [0, 0.1) is 11.3 Å². The zero-order valence-electron chi connectivity index (χ0n) is 12.7. The number of aliphatic hydroxyl groups is 1. The van der Waals surface area contributed by atoms with Crippen molar-refractivity contribution in [2.75, 3.05) is 6.54 Å². The van der Waals surface area contributed by atoms with Crippen LogP contribution in [0.1, 0.15) is 40.3 Å². The lowest BCUT2D eigenvalue weighted by Gasteiger charge is -2.21. The lowest BCUT2D eigenvalue weighted by atomic mass is 10.1. The predicted octanol–water partition coefficient (Wildman–Crippen LogP) is 3.18. The van der Waals surface area contributed by atoms with Crippen molar-refractivity contribution >= 4 is 5.91 Å². The van der Waals surface area contributed by atoms with Gasteiger partial charge in [-0.15, -0.1) is 0 Å². The second-order valence-corrected chi connectivity index (χ2v) is 5.09. The standard InChI is InChI=1S/C18H17FN2O2/c1-2-21(12-14-5-3-13(11-20)4-6-14)18(23)16-9-7-15(8-10-16)17(19)22/h3-10,17,22H,2,12H2,1H3. The second-order valence-electron chi connectivity index (χ2n) is 5.09. The Balaban J connectivity index is 2.12. The minimum atomic E-state index is -2.04. The van der Waals surface area contributed by atoms with Gasteiger partial charge in [-0.25, -0.2) is 4.39 Å². The van der Waals surface area contributed by atoms with E-state index in [0.717, 1.165) is 5.56 Å². The Bertz CT molecular complexity index is 703.